The van der Waals surface area contributed by atoms with Crippen molar-refractivity contribution in [2.75, 3.05) is 6.61 Å². The molecule has 2 aliphatic heterocycles. The number of rotatable bonds is 21. The van der Waals surface area contributed by atoms with E-state index in [0.717, 1.165) is 12.5 Å². The number of nitrogens with one attached hydrogen (secondary N) is 1. The fourth-order valence-corrected chi connectivity index (χ4v) is 8.03. The second-order valence-corrected chi connectivity index (χ2v) is 16.5. The minimum absolute atomic E-state index is 0.0124. The number of benzene rings is 4. The summed E-state index contributed by atoms with van der Waals surface area (Å²) in [5.41, 5.74) is 2.44. The summed E-state index contributed by atoms with van der Waals surface area (Å²) in [6.45, 7) is -0.0845. The van der Waals surface area contributed by atoms with Crippen LogP contribution in [-0.4, -0.2) is 111 Å². The third-order valence-electron chi connectivity index (χ3n) is 9.73. The van der Waals surface area contributed by atoms with Crippen LogP contribution in [0.15, 0.2) is 121 Å². The van der Waals surface area contributed by atoms with Crippen molar-refractivity contribution in [3.8, 4) is 0 Å². The molecule has 19 nitrogen and oxygen atoms in total. The first kappa shape index (κ1) is 47.8. The van der Waals surface area contributed by atoms with E-state index >= 15 is 0 Å². The van der Waals surface area contributed by atoms with E-state index in [2.05, 4.69) is 5.32 Å². The molecule has 2 saturated heterocycles. The molecular formula is C42H47NO18S2. The molecule has 2 fully saturated rings. The molecule has 4 N–H and O–H groups in total. The molecule has 1 amide bonds. The topological polar surface area (TPSA) is 258 Å². The summed E-state index contributed by atoms with van der Waals surface area (Å²) in [5.74, 6) is -2.37. The average molecular weight is 918 g/mol. The van der Waals surface area contributed by atoms with Gasteiger partial charge in [0, 0.05) is 6.92 Å². The monoisotopic (exact) mass is 917 g/mol. The first-order valence-corrected chi connectivity index (χ1v) is 22.2. The van der Waals surface area contributed by atoms with E-state index in [1.807, 2.05) is 0 Å². The Balaban J connectivity index is 1.42. The molecule has 0 aliphatic carbocycles. The average Bonchev–Trinajstić information content (AvgIpc) is 3.24. The number of carboxylic acid groups (broad SMARTS) is 1. The number of hydrogen-bond acceptors (Lipinski definition) is 15. The number of hydrogen-bond donors (Lipinski definition) is 4. The van der Waals surface area contributed by atoms with Crippen LogP contribution in [0.1, 0.15) is 29.2 Å². The van der Waals surface area contributed by atoms with Gasteiger partial charge in [0.1, 0.15) is 36.6 Å². The summed E-state index contributed by atoms with van der Waals surface area (Å²) < 4.78 is 123. The van der Waals surface area contributed by atoms with Crippen LogP contribution in [0.3, 0.4) is 0 Å². The highest BCUT2D eigenvalue weighted by molar-refractivity contribution is 7.81. The molecule has 10 atom stereocenters. The van der Waals surface area contributed by atoms with Crippen LogP contribution in [0, 0.1) is 0 Å². The fraction of sp³-hybridized carbons (Fsp3) is 0.381. The van der Waals surface area contributed by atoms with Gasteiger partial charge in [0.2, 0.25) is 5.91 Å². The first-order valence-electron chi connectivity index (χ1n) is 19.5. The van der Waals surface area contributed by atoms with E-state index in [-0.39, 0.29) is 26.4 Å². The summed E-state index contributed by atoms with van der Waals surface area (Å²) in [5, 5.41) is 13.3. The zero-order chi connectivity index (χ0) is 45.0. The predicted octanol–water partition coefficient (Wildman–Crippen LogP) is 3.39. The number of aliphatic carboxylic acids is 1. The number of carboxylic acids is 1. The molecular weight excluding hydrogens is 871 g/mol. The Labute approximate surface area is 364 Å². The summed E-state index contributed by atoms with van der Waals surface area (Å²) in [7, 11) is -10.6. The van der Waals surface area contributed by atoms with E-state index in [0.29, 0.717) is 16.7 Å². The fourth-order valence-electron chi connectivity index (χ4n) is 7.03. The highest BCUT2D eigenvalue weighted by Crippen LogP contribution is 2.36. The van der Waals surface area contributed by atoms with Crippen LogP contribution in [0.2, 0.25) is 0 Å². The summed E-state index contributed by atoms with van der Waals surface area (Å²) in [6.07, 6.45) is -16.2. The summed E-state index contributed by atoms with van der Waals surface area (Å²) >= 11 is 0. The van der Waals surface area contributed by atoms with Crippen molar-refractivity contribution in [3.05, 3.63) is 144 Å². The zero-order valence-corrected chi connectivity index (χ0v) is 35.3. The first-order chi connectivity index (χ1) is 30.1. The Hall–Kier alpha value is -4.72. The Morgan fingerprint density at radius 1 is 0.571 bits per heavy atom. The number of carbonyl (C=O) groups excluding carboxylic acids is 1. The Bertz CT molecular complexity index is 2280. The number of ether oxygens (including phenoxy) is 7. The predicted molar refractivity (Wildman–Crippen MR) is 218 cm³/mol. The molecule has 0 aromatic heterocycles. The molecule has 2 heterocycles. The minimum Gasteiger partial charge on any atom is -0.479 e. The number of carbonyl (C=O) groups is 2. The standard InChI is InChI=1S/C42H47NO18S2/c1-27(44)43-33-35(54-23-29-16-8-3-9-17-29)34(60-62(47,48)49)32(26-53-22-28-14-6-2-7-15-28)57-41(33)58-37-36(55-24-30-18-10-4-11-19-30)39(61-63(50,51)52)42(59-38(37)40(45)46)56-25-31-20-12-5-13-21-31/h2-21,32-39,41-42H,22-26H2,1H3,(H,43,44)(H,45,46)(H,47,48,49)(H,50,51,52)/t32-,33-,34+,35-,36+,37+,38-,39-,41+,42-/m1/s1. The van der Waals surface area contributed by atoms with Gasteiger partial charge in [-0.15, -0.1) is 0 Å². The van der Waals surface area contributed by atoms with E-state index in [1.165, 1.54) is 0 Å². The van der Waals surface area contributed by atoms with Crippen LogP contribution >= 0.6 is 0 Å². The van der Waals surface area contributed by atoms with Gasteiger partial charge >= 0.3 is 26.8 Å². The molecule has 0 bridgehead atoms. The molecule has 340 valence electrons. The molecule has 0 saturated carbocycles. The molecule has 6 rings (SSSR count). The maximum absolute atomic E-state index is 13.2. The smallest absolute Gasteiger partial charge is 0.397 e. The van der Waals surface area contributed by atoms with Crippen LogP contribution in [0.4, 0.5) is 0 Å². The van der Waals surface area contributed by atoms with Gasteiger partial charge in [-0.05, 0) is 22.3 Å². The molecule has 21 heteroatoms. The van der Waals surface area contributed by atoms with Gasteiger partial charge in [-0.3, -0.25) is 13.9 Å². The summed E-state index contributed by atoms with van der Waals surface area (Å²) in [4.78, 5) is 26.1. The molecule has 4 aromatic rings. The highest BCUT2D eigenvalue weighted by Gasteiger charge is 2.57. The van der Waals surface area contributed by atoms with Gasteiger partial charge in [-0.1, -0.05) is 121 Å². The lowest BCUT2D eigenvalue weighted by Gasteiger charge is -2.49. The lowest BCUT2D eigenvalue weighted by atomic mass is 9.94. The van der Waals surface area contributed by atoms with Gasteiger partial charge in [0.05, 0.1) is 33.0 Å². The number of amides is 1. The van der Waals surface area contributed by atoms with Crippen LogP contribution in [0.5, 0.6) is 0 Å². The van der Waals surface area contributed by atoms with Crippen molar-refractivity contribution in [1.82, 2.24) is 5.32 Å². The molecule has 0 radical (unpaired) electrons. The van der Waals surface area contributed by atoms with Gasteiger partial charge in [0.25, 0.3) is 0 Å². The van der Waals surface area contributed by atoms with Gasteiger partial charge in [-0.25, -0.2) is 13.2 Å². The zero-order valence-electron chi connectivity index (χ0n) is 33.6. The summed E-state index contributed by atoms with van der Waals surface area (Å²) in [6, 6.07) is 32.9. The largest absolute Gasteiger partial charge is 0.479 e. The Morgan fingerprint density at radius 3 is 1.48 bits per heavy atom. The van der Waals surface area contributed by atoms with Gasteiger partial charge in [0.15, 0.2) is 24.8 Å². The molecule has 0 unspecified atom stereocenters. The Morgan fingerprint density at radius 2 is 1.02 bits per heavy atom. The second kappa shape index (κ2) is 22.3. The van der Waals surface area contributed by atoms with E-state index in [4.69, 9.17) is 41.5 Å². The molecule has 2 aliphatic rings. The van der Waals surface area contributed by atoms with Crippen molar-refractivity contribution >= 4 is 32.7 Å². The normalized spacial score (nSPS) is 26.5. The van der Waals surface area contributed by atoms with E-state index in [1.54, 1.807) is 121 Å². The lowest BCUT2D eigenvalue weighted by Crippen LogP contribution is -2.69. The van der Waals surface area contributed by atoms with Gasteiger partial charge < -0.3 is 43.6 Å². The maximum atomic E-state index is 13.2. The third kappa shape index (κ3) is 14.4. The lowest BCUT2D eigenvalue weighted by molar-refractivity contribution is -0.346. The Kier molecular flexibility index (Phi) is 16.9. The molecule has 63 heavy (non-hydrogen) atoms. The second-order valence-electron chi connectivity index (χ2n) is 14.4. The maximum Gasteiger partial charge on any atom is 0.397 e. The van der Waals surface area contributed by atoms with E-state index < -0.39 is 101 Å². The van der Waals surface area contributed by atoms with Crippen molar-refractivity contribution in [1.29, 1.82) is 0 Å². The SMILES string of the molecule is CC(=O)N[C@H]1[C@H](O[C@H]2[C@H](OCc3ccccc3)[C@@H](OS(=O)(=O)O)[C@H](OCc3ccccc3)O[C@H]2C(=O)O)O[C@H](COCc2ccccc2)[C@H](OS(=O)(=O)O)[C@@H]1OCc1ccccc1. The van der Waals surface area contributed by atoms with Crippen molar-refractivity contribution in [2.45, 2.75) is 94.7 Å². The van der Waals surface area contributed by atoms with Crippen molar-refractivity contribution < 1.29 is 82.2 Å². The van der Waals surface area contributed by atoms with E-state index in [9.17, 15) is 40.6 Å². The quantitative estimate of drug-likeness (QED) is 0.0874. The van der Waals surface area contributed by atoms with Crippen LogP contribution in [-0.2, 0) is 98.3 Å². The molecule has 0 spiro atoms. The highest BCUT2D eigenvalue weighted by atomic mass is 32.3. The van der Waals surface area contributed by atoms with Crippen molar-refractivity contribution in [2.24, 2.45) is 0 Å². The minimum atomic E-state index is -5.35. The van der Waals surface area contributed by atoms with Crippen LogP contribution in [0.25, 0.3) is 0 Å². The van der Waals surface area contributed by atoms with Crippen molar-refractivity contribution in [3.63, 3.8) is 0 Å². The molecule has 4 aromatic carbocycles. The van der Waals surface area contributed by atoms with Gasteiger partial charge in [-0.2, -0.15) is 16.8 Å². The third-order valence-corrected chi connectivity index (χ3v) is 10.7. The van der Waals surface area contributed by atoms with Crippen LogP contribution < -0.4 is 5.32 Å².